The van der Waals surface area contributed by atoms with Crippen molar-refractivity contribution in [3.63, 3.8) is 0 Å². The molecule has 156 valence electrons. The molecule has 1 aromatic carbocycles. The largest absolute Gasteiger partial charge is 0.465 e. The standard InChI is InChI=1S/C22H19N5O4/c1-31-22(30)15-10-14-6-8-23-20(19(14)25-12-15)27-18(28)7-9-24-21(29)17-11-13-4-2-3-5-16(13)26-17/h2-6,8,10-12,26H,7,9H2,1H3,(H,24,29)(H,23,27,28). The number of amides is 2. The van der Waals surface area contributed by atoms with Gasteiger partial charge in [0.05, 0.1) is 12.7 Å². The molecule has 9 nitrogen and oxygen atoms in total. The molecule has 0 saturated heterocycles. The first kappa shape index (κ1) is 20.0. The molecule has 4 aromatic rings. The van der Waals surface area contributed by atoms with Crippen LogP contribution in [0.2, 0.25) is 0 Å². The van der Waals surface area contributed by atoms with Crippen LogP contribution in [0.4, 0.5) is 5.82 Å². The number of methoxy groups -OCH3 is 1. The van der Waals surface area contributed by atoms with Gasteiger partial charge >= 0.3 is 5.97 Å². The number of H-pyrrole nitrogens is 1. The van der Waals surface area contributed by atoms with E-state index in [4.69, 9.17) is 4.74 Å². The Morgan fingerprint density at radius 3 is 2.71 bits per heavy atom. The van der Waals surface area contributed by atoms with Gasteiger partial charge in [-0.3, -0.25) is 14.6 Å². The molecule has 0 aliphatic carbocycles. The predicted octanol–water partition coefficient (Wildman–Crippen LogP) is 2.66. The molecular formula is C22H19N5O4. The molecule has 3 heterocycles. The summed E-state index contributed by atoms with van der Waals surface area (Å²) in [5.41, 5.74) is 2.06. The van der Waals surface area contributed by atoms with E-state index in [1.54, 1.807) is 18.2 Å². The highest BCUT2D eigenvalue weighted by Gasteiger charge is 2.13. The van der Waals surface area contributed by atoms with Gasteiger partial charge < -0.3 is 20.4 Å². The van der Waals surface area contributed by atoms with Crippen LogP contribution >= 0.6 is 0 Å². The number of anilines is 1. The number of esters is 1. The van der Waals surface area contributed by atoms with E-state index < -0.39 is 5.97 Å². The van der Waals surface area contributed by atoms with Crippen molar-refractivity contribution in [3.8, 4) is 0 Å². The fourth-order valence-corrected chi connectivity index (χ4v) is 3.16. The molecule has 0 aliphatic heterocycles. The summed E-state index contributed by atoms with van der Waals surface area (Å²) in [7, 11) is 1.29. The van der Waals surface area contributed by atoms with Crippen LogP contribution in [-0.2, 0) is 9.53 Å². The first-order valence-corrected chi connectivity index (χ1v) is 9.54. The Balaban J connectivity index is 1.36. The first-order chi connectivity index (χ1) is 15.0. The number of nitrogens with one attached hydrogen (secondary N) is 3. The van der Waals surface area contributed by atoms with Crippen molar-refractivity contribution >= 4 is 45.4 Å². The normalized spacial score (nSPS) is 10.7. The lowest BCUT2D eigenvalue weighted by atomic mass is 10.2. The van der Waals surface area contributed by atoms with E-state index in [1.807, 2.05) is 24.3 Å². The van der Waals surface area contributed by atoms with Crippen molar-refractivity contribution in [1.82, 2.24) is 20.3 Å². The molecule has 0 atom stereocenters. The van der Waals surface area contributed by atoms with Crippen molar-refractivity contribution in [2.75, 3.05) is 19.0 Å². The molecule has 3 N–H and O–H groups in total. The van der Waals surface area contributed by atoms with Gasteiger partial charge in [0.1, 0.15) is 11.2 Å². The van der Waals surface area contributed by atoms with E-state index in [-0.39, 0.29) is 30.6 Å². The summed E-state index contributed by atoms with van der Waals surface area (Å²) in [5.74, 6) is -0.830. The number of carbonyl (C=O) groups excluding carboxylic acids is 3. The highest BCUT2D eigenvalue weighted by atomic mass is 16.5. The molecule has 0 saturated carbocycles. The van der Waals surface area contributed by atoms with Gasteiger partial charge in [-0.2, -0.15) is 0 Å². The summed E-state index contributed by atoms with van der Waals surface area (Å²) in [5, 5.41) is 7.00. The van der Waals surface area contributed by atoms with Gasteiger partial charge in [-0.25, -0.2) is 9.78 Å². The fraction of sp³-hybridized carbons (Fsp3) is 0.136. The molecular weight excluding hydrogens is 398 g/mol. The second-order valence-corrected chi connectivity index (χ2v) is 6.77. The molecule has 0 radical (unpaired) electrons. The molecule has 9 heteroatoms. The minimum atomic E-state index is -0.498. The Kier molecular flexibility index (Phi) is 5.57. The lowest BCUT2D eigenvalue weighted by molar-refractivity contribution is -0.116. The third-order valence-electron chi connectivity index (χ3n) is 4.69. The molecule has 31 heavy (non-hydrogen) atoms. The third-order valence-corrected chi connectivity index (χ3v) is 4.69. The maximum Gasteiger partial charge on any atom is 0.339 e. The van der Waals surface area contributed by atoms with Crippen molar-refractivity contribution in [2.45, 2.75) is 6.42 Å². The monoisotopic (exact) mass is 417 g/mol. The molecule has 4 rings (SSSR count). The quantitative estimate of drug-likeness (QED) is 0.414. The predicted molar refractivity (Wildman–Crippen MR) is 115 cm³/mol. The van der Waals surface area contributed by atoms with E-state index in [9.17, 15) is 14.4 Å². The Labute approximate surface area is 176 Å². The number of hydrogen-bond acceptors (Lipinski definition) is 6. The molecule has 2 amide bonds. The van der Waals surface area contributed by atoms with E-state index in [0.29, 0.717) is 22.2 Å². The van der Waals surface area contributed by atoms with E-state index >= 15 is 0 Å². The molecule has 0 fully saturated rings. The number of aromatic nitrogens is 3. The average molecular weight is 417 g/mol. The van der Waals surface area contributed by atoms with Crippen LogP contribution in [0.25, 0.3) is 21.8 Å². The van der Waals surface area contributed by atoms with Crippen molar-refractivity contribution in [1.29, 1.82) is 0 Å². The summed E-state index contributed by atoms with van der Waals surface area (Å²) >= 11 is 0. The minimum absolute atomic E-state index is 0.0598. The summed E-state index contributed by atoms with van der Waals surface area (Å²) in [4.78, 5) is 47.7. The number of rotatable bonds is 6. The Morgan fingerprint density at radius 1 is 1.06 bits per heavy atom. The average Bonchev–Trinajstić information content (AvgIpc) is 3.23. The van der Waals surface area contributed by atoms with Crippen LogP contribution in [0.1, 0.15) is 27.3 Å². The highest BCUT2D eigenvalue weighted by molar-refractivity contribution is 6.01. The van der Waals surface area contributed by atoms with E-state index in [0.717, 1.165) is 10.9 Å². The third kappa shape index (κ3) is 4.35. The number of ether oxygens (including phenoxy) is 1. The number of fused-ring (bicyclic) bond motifs is 2. The van der Waals surface area contributed by atoms with Gasteiger partial charge in [-0.05, 0) is 24.3 Å². The Hall–Kier alpha value is -4.27. The van der Waals surface area contributed by atoms with Crippen molar-refractivity contribution in [3.05, 3.63) is 66.1 Å². The number of hydrogen-bond donors (Lipinski definition) is 3. The zero-order valence-electron chi connectivity index (χ0n) is 16.6. The number of para-hydroxylation sites is 1. The SMILES string of the molecule is COC(=O)c1cnc2c(NC(=O)CCNC(=O)c3cc4ccccc4[nH]3)nccc2c1. The van der Waals surface area contributed by atoms with Gasteiger partial charge in [0, 0.05) is 41.6 Å². The van der Waals surface area contributed by atoms with Crippen LogP contribution < -0.4 is 10.6 Å². The van der Waals surface area contributed by atoms with Gasteiger partial charge in [0.2, 0.25) is 5.91 Å². The fourth-order valence-electron chi connectivity index (χ4n) is 3.16. The number of benzene rings is 1. The van der Waals surface area contributed by atoms with Crippen LogP contribution in [0.15, 0.2) is 54.9 Å². The Morgan fingerprint density at radius 2 is 1.90 bits per heavy atom. The zero-order chi connectivity index (χ0) is 21.8. The maximum absolute atomic E-state index is 12.3. The Bertz CT molecular complexity index is 1260. The van der Waals surface area contributed by atoms with Gasteiger partial charge in [0.25, 0.3) is 5.91 Å². The van der Waals surface area contributed by atoms with Gasteiger partial charge in [-0.15, -0.1) is 0 Å². The number of nitrogens with zero attached hydrogens (tertiary/aromatic N) is 2. The molecule has 0 spiro atoms. The lowest BCUT2D eigenvalue weighted by Gasteiger charge is -2.08. The van der Waals surface area contributed by atoms with Crippen LogP contribution in [0.3, 0.4) is 0 Å². The van der Waals surface area contributed by atoms with E-state index in [1.165, 1.54) is 19.5 Å². The summed E-state index contributed by atoms with van der Waals surface area (Å²) in [6.45, 7) is 0.157. The number of aromatic amines is 1. The second-order valence-electron chi connectivity index (χ2n) is 6.77. The molecule has 3 aromatic heterocycles. The topological polar surface area (TPSA) is 126 Å². The maximum atomic E-state index is 12.3. The smallest absolute Gasteiger partial charge is 0.339 e. The molecule has 0 unspecified atom stereocenters. The van der Waals surface area contributed by atoms with Crippen molar-refractivity contribution in [2.24, 2.45) is 0 Å². The van der Waals surface area contributed by atoms with Crippen LogP contribution in [0.5, 0.6) is 0 Å². The first-order valence-electron chi connectivity index (χ1n) is 9.54. The van der Waals surface area contributed by atoms with Crippen molar-refractivity contribution < 1.29 is 19.1 Å². The number of pyridine rings is 2. The molecule has 0 bridgehead atoms. The summed E-state index contributed by atoms with van der Waals surface area (Å²) < 4.78 is 4.69. The van der Waals surface area contributed by atoms with Crippen LogP contribution in [0, 0.1) is 0 Å². The van der Waals surface area contributed by atoms with Gasteiger partial charge in [0.15, 0.2) is 5.82 Å². The minimum Gasteiger partial charge on any atom is -0.465 e. The number of carbonyl (C=O) groups is 3. The summed E-state index contributed by atoms with van der Waals surface area (Å²) in [6, 6.07) is 12.6. The second kappa shape index (κ2) is 8.62. The van der Waals surface area contributed by atoms with Gasteiger partial charge in [-0.1, -0.05) is 18.2 Å². The lowest BCUT2D eigenvalue weighted by Crippen LogP contribution is -2.28. The van der Waals surface area contributed by atoms with Crippen LogP contribution in [-0.4, -0.2) is 46.4 Å². The molecule has 0 aliphatic rings. The van der Waals surface area contributed by atoms with E-state index in [2.05, 4.69) is 25.6 Å². The summed E-state index contributed by atoms with van der Waals surface area (Å²) in [6.07, 6.45) is 2.94. The zero-order valence-corrected chi connectivity index (χ0v) is 16.6. The highest BCUT2D eigenvalue weighted by Crippen LogP contribution is 2.20.